The molecule has 0 aromatic carbocycles. The Morgan fingerprint density at radius 3 is 0.889 bits per heavy atom. The fraction of sp³-hybridized carbons (Fsp3) is 0.583. The quantitative estimate of drug-likeness (QED) is 0.579. The molecular formula is C12H24O6. The third-order valence-electron chi connectivity index (χ3n) is 0.612. The second-order valence-corrected chi connectivity index (χ2v) is 4.13. The van der Waals surface area contributed by atoms with Gasteiger partial charge in [0, 0.05) is 20.8 Å². The van der Waals surface area contributed by atoms with Gasteiger partial charge in [0.2, 0.25) is 0 Å². The van der Waals surface area contributed by atoms with Crippen molar-refractivity contribution in [3.05, 3.63) is 12.7 Å². The van der Waals surface area contributed by atoms with Crippen LogP contribution in [0, 0.1) is 5.41 Å². The average Bonchev–Trinajstić information content (AvgIpc) is 1.99. The lowest BCUT2D eigenvalue weighted by Crippen LogP contribution is -1.96. The van der Waals surface area contributed by atoms with Crippen LogP contribution in [-0.2, 0) is 14.4 Å². The highest BCUT2D eigenvalue weighted by Crippen LogP contribution is 2.11. The summed E-state index contributed by atoms with van der Waals surface area (Å²) in [5.74, 6) is -2.50. The molecule has 0 aliphatic rings. The lowest BCUT2D eigenvalue weighted by atomic mass is 9.98. The zero-order valence-electron chi connectivity index (χ0n) is 11.9. The van der Waals surface area contributed by atoms with Crippen molar-refractivity contribution >= 4 is 17.9 Å². The number of rotatable bonds is 0. The van der Waals surface area contributed by atoms with Crippen LogP contribution in [-0.4, -0.2) is 33.2 Å². The van der Waals surface area contributed by atoms with Crippen molar-refractivity contribution in [1.29, 1.82) is 0 Å². The van der Waals surface area contributed by atoms with E-state index in [1.165, 1.54) is 0 Å². The summed E-state index contributed by atoms with van der Waals surface area (Å²) in [7, 11) is 0. The SMILES string of the molecule is C=CC(C)(C)C.CC(=O)O.CC(=O)O.CC(=O)O. The molecule has 0 aromatic rings. The Hall–Kier alpha value is -1.85. The van der Waals surface area contributed by atoms with E-state index in [-0.39, 0.29) is 0 Å². The Morgan fingerprint density at radius 1 is 0.833 bits per heavy atom. The van der Waals surface area contributed by atoms with E-state index < -0.39 is 17.9 Å². The fourth-order valence-electron chi connectivity index (χ4n) is 0. The maximum atomic E-state index is 9.00. The summed E-state index contributed by atoms with van der Waals surface area (Å²) in [6, 6.07) is 0. The molecule has 0 saturated heterocycles. The summed E-state index contributed by atoms with van der Waals surface area (Å²) < 4.78 is 0. The van der Waals surface area contributed by atoms with Crippen LogP contribution >= 0.6 is 0 Å². The lowest BCUT2D eigenvalue weighted by molar-refractivity contribution is -0.135. The van der Waals surface area contributed by atoms with Crippen molar-refractivity contribution < 1.29 is 29.7 Å². The number of aliphatic carboxylic acids is 3. The Labute approximate surface area is 108 Å². The van der Waals surface area contributed by atoms with Gasteiger partial charge in [0.05, 0.1) is 0 Å². The first kappa shape index (κ1) is 25.1. The van der Waals surface area contributed by atoms with Crippen LogP contribution in [0.1, 0.15) is 41.5 Å². The molecule has 0 heterocycles. The molecule has 0 spiro atoms. The number of hydrogen-bond acceptors (Lipinski definition) is 3. The van der Waals surface area contributed by atoms with Crippen LogP contribution in [0.25, 0.3) is 0 Å². The smallest absolute Gasteiger partial charge is 0.300 e. The highest BCUT2D eigenvalue weighted by Gasteiger charge is 1.99. The van der Waals surface area contributed by atoms with Crippen molar-refractivity contribution in [3.63, 3.8) is 0 Å². The molecule has 108 valence electrons. The van der Waals surface area contributed by atoms with Gasteiger partial charge in [-0.3, -0.25) is 14.4 Å². The van der Waals surface area contributed by atoms with E-state index in [0.29, 0.717) is 5.41 Å². The van der Waals surface area contributed by atoms with E-state index >= 15 is 0 Å². The summed E-state index contributed by atoms with van der Waals surface area (Å²) in [5, 5.41) is 22.2. The van der Waals surface area contributed by atoms with Gasteiger partial charge >= 0.3 is 0 Å². The molecule has 0 radical (unpaired) electrons. The minimum atomic E-state index is -0.833. The predicted molar refractivity (Wildman–Crippen MR) is 69.6 cm³/mol. The molecule has 0 rings (SSSR count). The molecule has 0 aromatic heterocycles. The zero-order valence-corrected chi connectivity index (χ0v) is 11.9. The third kappa shape index (κ3) is 1850. The molecule has 18 heavy (non-hydrogen) atoms. The molecule has 0 amide bonds. The Balaban J connectivity index is -0.0000000742. The van der Waals surface area contributed by atoms with Crippen molar-refractivity contribution in [2.75, 3.05) is 0 Å². The number of hydrogen-bond donors (Lipinski definition) is 3. The molecule has 0 atom stereocenters. The maximum Gasteiger partial charge on any atom is 0.300 e. The minimum absolute atomic E-state index is 0.306. The van der Waals surface area contributed by atoms with Crippen LogP contribution in [0.2, 0.25) is 0 Å². The summed E-state index contributed by atoms with van der Waals surface area (Å²) in [6.45, 7) is 13.3. The van der Waals surface area contributed by atoms with Crippen LogP contribution in [0.5, 0.6) is 0 Å². The van der Waals surface area contributed by atoms with E-state index in [0.717, 1.165) is 20.8 Å². The summed E-state index contributed by atoms with van der Waals surface area (Å²) in [5.41, 5.74) is 0.306. The van der Waals surface area contributed by atoms with E-state index in [9.17, 15) is 0 Å². The van der Waals surface area contributed by atoms with E-state index in [1.807, 2.05) is 6.08 Å². The molecule has 6 heteroatoms. The molecular weight excluding hydrogens is 240 g/mol. The monoisotopic (exact) mass is 264 g/mol. The fourth-order valence-corrected chi connectivity index (χ4v) is 0. The van der Waals surface area contributed by atoms with Gasteiger partial charge in [0.1, 0.15) is 0 Å². The summed E-state index contributed by atoms with van der Waals surface area (Å²) in [6.07, 6.45) is 1.94. The summed E-state index contributed by atoms with van der Waals surface area (Å²) >= 11 is 0. The molecule has 0 saturated carbocycles. The first-order chi connectivity index (χ1) is 7.76. The van der Waals surface area contributed by atoms with Gasteiger partial charge in [-0.05, 0) is 5.41 Å². The Bertz CT molecular complexity index is 209. The van der Waals surface area contributed by atoms with Gasteiger partial charge in [-0.15, -0.1) is 6.58 Å². The van der Waals surface area contributed by atoms with Crippen LogP contribution in [0.15, 0.2) is 12.7 Å². The molecule has 0 unspecified atom stereocenters. The predicted octanol–water partition coefficient (Wildman–Crippen LogP) is 2.49. The standard InChI is InChI=1S/C6H12.3C2H4O2/c1-5-6(2,3)4;3*1-2(3)4/h5H,1H2,2-4H3;3*1H3,(H,3,4). The molecule has 0 aliphatic carbocycles. The Kier molecular flexibility index (Phi) is 21.1. The maximum absolute atomic E-state index is 9.00. The van der Waals surface area contributed by atoms with E-state index in [2.05, 4.69) is 27.4 Å². The highest BCUT2D eigenvalue weighted by molar-refractivity contribution is 5.63. The molecule has 3 N–H and O–H groups in total. The first-order valence-corrected chi connectivity index (χ1v) is 4.98. The van der Waals surface area contributed by atoms with Crippen molar-refractivity contribution in [2.45, 2.75) is 41.5 Å². The van der Waals surface area contributed by atoms with Crippen LogP contribution < -0.4 is 0 Å². The third-order valence-corrected chi connectivity index (χ3v) is 0.612. The second-order valence-electron chi connectivity index (χ2n) is 4.13. The molecule has 0 aliphatic heterocycles. The largest absolute Gasteiger partial charge is 0.481 e. The average molecular weight is 264 g/mol. The van der Waals surface area contributed by atoms with Crippen LogP contribution in [0.3, 0.4) is 0 Å². The number of allylic oxidation sites excluding steroid dienone is 1. The summed E-state index contributed by atoms with van der Waals surface area (Å²) in [4.78, 5) is 27.0. The Morgan fingerprint density at radius 2 is 0.889 bits per heavy atom. The molecule has 6 nitrogen and oxygen atoms in total. The first-order valence-electron chi connectivity index (χ1n) is 4.98. The van der Waals surface area contributed by atoms with Crippen LogP contribution in [0.4, 0.5) is 0 Å². The number of carboxylic acid groups (broad SMARTS) is 3. The topological polar surface area (TPSA) is 112 Å². The number of carboxylic acids is 3. The molecule has 0 bridgehead atoms. The van der Waals surface area contributed by atoms with Gasteiger partial charge < -0.3 is 15.3 Å². The minimum Gasteiger partial charge on any atom is -0.481 e. The van der Waals surface area contributed by atoms with Gasteiger partial charge in [0.25, 0.3) is 17.9 Å². The van der Waals surface area contributed by atoms with Gasteiger partial charge in [0.15, 0.2) is 0 Å². The highest BCUT2D eigenvalue weighted by atomic mass is 16.4. The van der Waals surface area contributed by atoms with E-state index in [4.69, 9.17) is 29.7 Å². The van der Waals surface area contributed by atoms with Crippen molar-refractivity contribution in [2.24, 2.45) is 5.41 Å². The second kappa shape index (κ2) is 15.1. The lowest BCUT2D eigenvalue weighted by Gasteiger charge is -2.08. The number of carbonyl (C=O) groups is 3. The van der Waals surface area contributed by atoms with Gasteiger partial charge in [-0.25, -0.2) is 0 Å². The van der Waals surface area contributed by atoms with Gasteiger partial charge in [-0.2, -0.15) is 0 Å². The normalized spacial score (nSPS) is 7.89. The van der Waals surface area contributed by atoms with Crippen molar-refractivity contribution in [3.8, 4) is 0 Å². The van der Waals surface area contributed by atoms with Gasteiger partial charge in [-0.1, -0.05) is 26.8 Å². The molecule has 0 fully saturated rings. The van der Waals surface area contributed by atoms with Crippen molar-refractivity contribution in [1.82, 2.24) is 0 Å². The van der Waals surface area contributed by atoms with E-state index in [1.54, 1.807) is 0 Å². The zero-order chi connectivity index (χ0) is 15.9.